The highest BCUT2D eigenvalue weighted by Gasteiger charge is 2.60. The van der Waals surface area contributed by atoms with Crippen molar-refractivity contribution in [2.24, 2.45) is 22.7 Å². The topological polar surface area (TPSA) is 76.0 Å². The number of hydrogen-bond acceptors (Lipinski definition) is 5. The maximum atomic E-state index is 13.3. The lowest BCUT2D eigenvalue weighted by molar-refractivity contribution is -0.191. The third-order valence-corrected chi connectivity index (χ3v) is 7.53. The minimum absolute atomic E-state index is 0.0976. The summed E-state index contributed by atoms with van der Waals surface area (Å²) in [6.07, 6.45) is 6.99. The maximum Gasteiger partial charge on any atom is 0.172 e. The zero-order valence-electron chi connectivity index (χ0n) is 15.6. The van der Waals surface area contributed by atoms with Crippen molar-refractivity contribution in [3.63, 3.8) is 0 Å². The molecule has 0 aromatic rings. The molecule has 4 aliphatic rings. The minimum Gasteiger partial charge on any atom is -0.395 e. The van der Waals surface area contributed by atoms with Crippen molar-refractivity contribution in [3.05, 3.63) is 24.3 Å². The fourth-order valence-electron chi connectivity index (χ4n) is 6.13. The first-order valence-electron chi connectivity index (χ1n) is 9.81. The Morgan fingerprint density at radius 1 is 1.35 bits per heavy atom. The lowest BCUT2D eigenvalue weighted by atomic mass is 9.48. The molecule has 0 unspecified atom stereocenters. The first-order valence-corrected chi connectivity index (χ1v) is 9.81. The van der Waals surface area contributed by atoms with Crippen molar-refractivity contribution in [2.45, 2.75) is 57.3 Å². The predicted molar refractivity (Wildman–Crippen MR) is 96.2 cm³/mol. The maximum absolute atomic E-state index is 13.3. The molecule has 2 N–H and O–H groups in total. The van der Waals surface area contributed by atoms with E-state index in [2.05, 4.69) is 19.6 Å². The molecule has 26 heavy (non-hydrogen) atoms. The summed E-state index contributed by atoms with van der Waals surface area (Å²) in [6, 6.07) is 0. The van der Waals surface area contributed by atoms with E-state index in [0.717, 1.165) is 19.3 Å². The molecule has 144 valence electrons. The molecule has 0 bridgehead atoms. The van der Waals surface area contributed by atoms with Crippen LogP contribution in [-0.4, -0.2) is 47.7 Å². The second-order valence-corrected chi connectivity index (χ2v) is 8.87. The van der Waals surface area contributed by atoms with Crippen LogP contribution in [0.2, 0.25) is 0 Å². The highest BCUT2D eigenvalue weighted by Crippen LogP contribution is 2.60. The number of aliphatic hydroxyl groups is 2. The zero-order chi connectivity index (χ0) is 18.6. The molecule has 5 nitrogen and oxygen atoms in total. The van der Waals surface area contributed by atoms with Gasteiger partial charge in [0.25, 0.3) is 0 Å². The summed E-state index contributed by atoms with van der Waals surface area (Å²) in [4.78, 5) is 13.3. The van der Waals surface area contributed by atoms with Crippen LogP contribution >= 0.6 is 0 Å². The molecule has 3 aliphatic carbocycles. The molecule has 0 radical (unpaired) electrons. The quantitative estimate of drug-likeness (QED) is 0.754. The van der Waals surface area contributed by atoms with Gasteiger partial charge in [-0.05, 0) is 31.1 Å². The molecule has 4 rings (SSSR count). The van der Waals surface area contributed by atoms with Crippen LogP contribution in [-0.2, 0) is 14.3 Å². The van der Waals surface area contributed by atoms with Gasteiger partial charge in [0, 0.05) is 24.7 Å². The van der Waals surface area contributed by atoms with Crippen LogP contribution in [0.4, 0.5) is 0 Å². The van der Waals surface area contributed by atoms with Gasteiger partial charge >= 0.3 is 0 Å². The second kappa shape index (κ2) is 6.26. The van der Waals surface area contributed by atoms with Crippen molar-refractivity contribution >= 4 is 5.78 Å². The second-order valence-electron chi connectivity index (χ2n) is 8.87. The Kier molecular flexibility index (Phi) is 4.42. The Bertz CT molecular complexity index is 634. The number of Topliss-reactive ketones (excluding diaryl/α,β-unsaturated/α-hetero) is 1. The molecule has 1 spiro atoms. The van der Waals surface area contributed by atoms with Gasteiger partial charge in [0.05, 0.1) is 31.3 Å². The Morgan fingerprint density at radius 3 is 2.73 bits per heavy atom. The van der Waals surface area contributed by atoms with Gasteiger partial charge in [0.15, 0.2) is 5.79 Å². The van der Waals surface area contributed by atoms with Gasteiger partial charge < -0.3 is 19.7 Å². The molecule has 1 saturated heterocycles. The van der Waals surface area contributed by atoms with Crippen LogP contribution < -0.4 is 0 Å². The number of rotatable bonds is 3. The van der Waals surface area contributed by atoms with E-state index in [1.807, 2.05) is 0 Å². The lowest BCUT2D eigenvalue weighted by Gasteiger charge is -2.57. The number of carbonyl (C=O) groups excluding carboxylic acids is 1. The van der Waals surface area contributed by atoms with Crippen LogP contribution in [0.3, 0.4) is 0 Å². The largest absolute Gasteiger partial charge is 0.395 e. The number of allylic oxidation sites excluding steroid dienone is 2. The van der Waals surface area contributed by atoms with Gasteiger partial charge in [-0.1, -0.05) is 24.6 Å². The summed E-state index contributed by atoms with van der Waals surface area (Å²) in [6.45, 7) is 6.98. The number of carbonyl (C=O) groups is 1. The smallest absolute Gasteiger partial charge is 0.172 e. The summed E-state index contributed by atoms with van der Waals surface area (Å²) in [7, 11) is 0. The van der Waals surface area contributed by atoms with Gasteiger partial charge in [-0.15, -0.1) is 6.58 Å². The molecule has 0 amide bonds. The molecule has 2 saturated carbocycles. The van der Waals surface area contributed by atoms with Crippen LogP contribution in [0.25, 0.3) is 0 Å². The van der Waals surface area contributed by atoms with E-state index < -0.39 is 17.3 Å². The molecule has 5 atom stereocenters. The Labute approximate surface area is 155 Å². The van der Waals surface area contributed by atoms with Gasteiger partial charge in [-0.2, -0.15) is 0 Å². The van der Waals surface area contributed by atoms with Crippen LogP contribution in [0, 0.1) is 22.7 Å². The normalized spacial score (nSPS) is 44.3. The van der Waals surface area contributed by atoms with E-state index in [4.69, 9.17) is 9.47 Å². The zero-order valence-corrected chi connectivity index (χ0v) is 15.6. The third kappa shape index (κ3) is 2.48. The Morgan fingerprint density at radius 2 is 2.08 bits per heavy atom. The Hall–Kier alpha value is -1.01. The predicted octanol–water partition coefficient (Wildman–Crippen LogP) is 2.37. The molecule has 0 aromatic carbocycles. The number of fused-ring (bicyclic) bond motifs is 3. The summed E-state index contributed by atoms with van der Waals surface area (Å²) in [5.41, 5.74) is 0.172. The molecular weight excluding hydrogens is 332 g/mol. The molecular formula is C21H30O5. The minimum atomic E-state index is -0.877. The van der Waals surface area contributed by atoms with Gasteiger partial charge in [-0.25, -0.2) is 0 Å². The van der Waals surface area contributed by atoms with E-state index in [1.165, 1.54) is 5.57 Å². The number of aliphatic hydroxyl groups excluding tert-OH is 2. The summed E-state index contributed by atoms with van der Waals surface area (Å²) >= 11 is 0. The van der Waals surface area contributed by atoms with Gasteiger partial charge in [-0.3, -0.25) is 4.79 Å². The first-order chi connectivity index (χ1) is 12.4. The average molecular weight is 362 g/mol. The fraction of sp³-hybridized carbons (Fsp3) is 0.762. The van der Waals surface area contributed by atoms with Gasteiger partial charge in [0.2, 0.25) is 0 Å². The molecule has 1 heterocycles. The van der Waals surface area contributed by atoms with Crippen molar-refractivity contribution in [1.29, 1.82) is 0 Å². The van der Waals surface area contributed by atoms with Crippen LogP contribution in [0.5, 0.6) is 0 Å². The molecule has 1 aliphatic heterocycles. The van der Waals surface area contributed by atoms with Crippen LogP contribution in [0.1, 0.15) is 45.4 Å². The highest BCUT2D eigenvalue weighted by atomic mass is 16.7. The highest BCUT2D eigenvalue weighted by molar-refractivity contribution is 5.89. The summed E-state index contributed by atoms with van der Waals surface area (Å²) in [5, 5.41) is 21.0. The van der Waals surface area contributed by atoms with E-state index >= 15 is 0 Å². The van der Waals surface area contributed by atoms with Crippen molar-refractivity contribution < 1.29 is 24.5 Å². The third-order valence-electron chi connectivity index (χ3n) is 7.53. The van der Waals surface area contributed by atoms with E-state index in [1.54, 1.807) is 6.08 Å². The molecule has 5 heteroatoms. The standard InChI is InChI=1S/C21H30O5/c1-3-6-20(13-22)12-16(23)17-15(18(20)24)5-4-14-11-21(25-9-10-26-21)8-7-19(14,17)2/h3-4,15-17,22-23H,1,5-13H2,2H3/t15-,16-,17-,19-,20+/m0/s1. The van der Waals surface area contributed by atoms with E-state index in [9.17, 15) is 15.0 Å². The fourth-order valence-corrected chi connectivity index (χ4v) is 6.13. The first kappa shape index (κ1) is 18.4. The molecule has 0 aromatic heterocycles. The number of ketones is 1. The monoisotopic (exact) mass is 362 g/mol. The number of ether oxygens (including phenoxy) is 2. The average Bonchev–Trinajstić information content (AvgIpc) is 3.07. The summed E-state index contributed by atoms with van der Waals surface area (Å²) in [5.74, 6) is -0.739. The van der Waals surface area contributed by atoms with E-state index in [-0.39, 0.29) is 29.6 Å². The Balaban J connectivity index is 1.67. The summed E-state index contributed by atoms with van der Waals surface area (Å²) < 4.78 is 11.8. The lowest BCUT2D eigenvalue weighted by Crippen LogP contribution is -2.59. The molecule has 3 fully saturated rings. The van der Waals surface area contributed by atoms with Gasteiger partial charge in [0.1, 0.15) is 5.78 Å². The van der Waals surface area contributed by atoms with Crippen molar-refractivity contribution in [3.8, 4) is 0 Å². The van der Waals surface area contributed by atoms with E-state index in [0.29, 0.717) is 32.5 Å². The van der Waals surface area contributed by atoms with Crippen LogP contribution in [0.15, 0.2) is 24.3 Å². The van der Waals surface area contributed by atoms with Crippen molar-refractivity contribution in [1.82, 2.24) is 0 Å². The van der Waals surface area contributed by atoms with Crippen molar-refractivity contribution in [2.75, 3.05) is 19.8 Å². The number of hydrogen-bond donors (Lipinski definition) is 2. The SMILES string of the molecule is C=CC[C@]1(CO)C[C@H](O)[C@@H]2[C@H](CC=C3CC4(CC[C@@]32C)OCCO4)C1=O.